The summed E-state index contributed by atoms with van der Waals surface area (Å²) in [5.41, 5.74) is 1.95. The average Bonchev–Trinajstić information content (AvgIpc) is 3.31. The third-order valence-corrected chi connectivity index (χ3v) is 5.05. The number of aromatic amines is 1. The van der Waals surface area contributed by atoms with E-state index in [2.05, 4.69) is 21.7 Å². The van der Waals surface area contributed by atoms with E-state index in [1.54, 1.807) is 30.3 Å². The maximum Gasteiger partial charge on any atom is 0.270 e. The van der Waals surface area contributed by atoms with Gasteiger partial charge in [-0.1, -0.05) is 18.2 Å². The maximum absolute atomic E-state index is 14.7. The zero-order valence-corrected chi connectivity index (χ0v) is 14.9. The summed E-state index contributed by atoms with van der Waals surface area (Å²) in [6.45, 7) is 0.927. The van der Waals surface area contributed by atoms with E-state index >= 15 is 0 Å². The van der Waals surface area contributed by atoms with E-state index in [-0.39, 0.29) is 23.5 Å². The van der Waals surface area contributed by atoms with Crippen LogP contribution in [0.25, 0.3) is 22.0 Å². The Kier molecular flexibility index (Phi) is 4.80. The zero-order chi connectivity index (χ0) is 19.7. The van der Waals surface area contributed by atoms with Gasteiger partial charge in [0, 0.05) is 30.0 Å². The number of aromatic nitrogens is 1. The van der Waals surface area contributed by atoms with Gasteiger partial charge in [0.25, 0.3) is 5.91 Å². The fourth-order valence-corrected chi connectivity index (χ4v) is 3.52. The number of hydrogen-bond donors (Lipinski definition) is 3. The van der Waals surface area contributed by atoms with Crippen molar-refractivity contribution in [3.63, 3.8) is 0 Å². The Morgan fingerprint density at radius 1 is 1.18 bits per heavy atom. The van der Waals surface area contributed by atoms with Crippen LogP contribution in [0.2, 0.25) is 0 Å². The predicted octanol–water partition coefficient (Wildman–Crippen LogP) is 3.34. The molecule has 3 aromatic rings. The Morgan fingerprint density at radius 2 is 1.93 bits per heavy atom. The second-order valence-electron chi connectivity index (χ2n) is 6.96. The molecule has 1 amide bonds. The molecule has 28 heavy (non-hydrogen) atoms. The van der Waals surface area contributed by atoms with Gasteiger partial charge in [0.1, 0.15) is 11.5 Å². The van der Waals surface area contributed by atoms with Crippen LogP contribution in [0.15, 0.2) is 42.5 Å². The van der Waals surface area contributed by atoms with Crippen LogP contribution >= 0.6 is 0 Å². The quantitative estimate of drug-likeness (QED) is 0.649. The lowest BCUT2D eigenvalue weighted by Gasteiger charge is -2.10. The van der Waals surface area contributed by atoms with Gasteiger partial charge in [0.15, 0.2) is 5.82 Å². The molecule has 0 spiro atoms. The number of hydrogen-bond acceptors (Lipinski definition) is 3. The molecule has 142 valence electrons. The standard InChI is InChI=1S/C21H18F2N4O/c22-15-4-1-13(2-5-15)14-3-6-17-18(8-14)27-20(19(17)23)21(28)26-11-16-7-12(9-24)10-25-16/h1-6,8,12,16,25,27H,7,10-11H2,(H,26,28)/t12-,16+/m1/s1. The third-order valence-electron chi connectivity index (χ3n) is 5.05. The van der Waals surface area contributed by atoms with Gasteiger partial charge in [0.05, 0.1) is 12.0 Å². The number of nitrogens with one attached hydrogen (secondary N) is 3. The van der Waals surface area contributed by atoms with Gasteiger partial charge in [-0.2, -0.15) is 5.26 Å². The highest BCUT2D eigenvalue weighted by molar-refractivity contribution is 5.99. The fraction of sp³-hybridized carbons (Fsp3) is 0.238. The van der Waals surface area contributed by atoms with Crippen molar-refractivity contribution in [2.24, 2.45) is 5.92 Å². The van der Waals surface area contributed by atoms with E-state index in [9.17, 15) is 13.6 Å². The molecule has 2 heterocycles. The molecule has 3 N–H and O–H groups in total. The van der Waals surface area contributed by atoms with Crippen LogP contribution in [0.3, 0.4) is 0 Å². The number of nitriles is 1. The van der Waals surface area contributed by atoms with Crippen LogP contribution < -0.4 is 10.6 Å². The molecule has 0 unspecified atom stereocenters. The fourth-order valence-electron chi connectivity index (χ4n) is 3.52. The number of amides is 1. The van der Waals surface area contributed by atoms with E-state index in [0.29, 0.717) is 30.4 Å². The summed E-state index contributed by atoms with van der Waals surface area (Å²) < 4.78 is 27.8. The smallest absolute Gasteiger partial charge is 0.270 e. The SMILES string of the molecule is N#C[C@@H]1CN[C@H](CNC(=O)c2[nH]c3cc(-c4ccc(F)cc4)ccc3c2F)C1. The highest BCUT2D eigenvalue weighted by Gasteiger charge is 2.25. The van der Waals surface area contributed by atoms with Crippen LogP contribution in [0.4, 0.5) is 8.78 Å². The van der Waals surface area contributed by atoms with Gasteiger partial charge in [-0.3, -0.25) is 4.79 Å². The number of benzene rings is 2. The zero-order valence-electron chi connectivity index (χ0n) is 14.9. The molecule has 1 aliphatic rings. The van der Waals surface area contributed by atoms with Gasteiger partial charge >= 0.3 is 0 Å². The number of fused-ring (bicyclic) bond motifs is 1. The summed E-state index contributed by atoms with van der Waals surface area (Å²) in [6.07, 6.45) is 0.660. The Balaban J connectivity index is 1.53. The molecule has 4 rings (SSSR count). The maximum atomic E-state index is 14.7. The van der Waals surface area contributed by atoms with Crippen molar-refractivity contribution >= 4 is 16.8 Å². The Bertz CT molecular complexity index is 1070. The summed E-state index contributed by atoms with van der Waals surface area (Å²) in [6, 6.07) is 13.3. The molecule has 0 radical (unpaired) electrons. The first-order chi connectivity index (χ1) is 13.5. The van der Waals surface area contributed by atoms with Crippen LogP contribution in [-0.2, 0) is 0 Å². The molecule has 0 aliphatic carbocycles. The van der Waals surface area contributed by atoms with Crippen molar-refractivity contribution in [3.05, 3.63) is 59.8 Å². The second kappa shape index (κ2) is 7.41. The molecule has 1 aliphatic heterocycles. The summed E-state index contributed by atoms with van der Waals surface area (Å²) in [5.74, 6) is -1.52. The van der Waals surface area contributed by atoms with Crippen LogP contribution in [0.1, 0.15) is 16.9 Å². The average molecular weight is 380 g/mol. The molecule has 5 nitrogen and oxygen atoms in total. The number of H-pyrrole nitrogens is 1. The van der Waals surface area contributed by atoms with Crippen LogP contribution in [-0.4, -0.2) is 30.0 Å². The highest BCUT2D eigenvalue weighted by atomic mass is 19.1. The molecular formula is C21H18F2N4O. The molecule has 0 bridgehead atoms. The molecule has 2 aromatic carbocycles. The Morgan fingerprint density at radius 3 is 2.64 bits per heavy atom. The summed E-state index contributed by atoms with van der Waals surface area (Å²) in [4.78, 5) is 15.3. The van der Waals surface area contributed by atoms with E-state index in [4.69, 9.17) is 5.26 Å². The minimum Gasteiger partial charge on any atom is -0.349 e. The van der Waals surface area contributed by atoms with E-state index < -0.39 is 11.7 Å². The molecule has 0 saturated carbocycles. The van der Waals surface area contributed by atoms with Gasteiger partial charge < -0.3 is 15.6 Å². The van der Waals surface area contributed by atoms with Crippen molar-refractivity contribution in [1.29, 1.82) is 5.26 Å². The van der Waals surface area contributed by atoms with Crippen molar-refractivity contribution in [2.45, 2.75) is 12.5 Å². The van der Waals surface area contributed by atoms with E-state index in [0.717, 1.165) is 11.1 Å². The highest BCUT2D eigenvalue weighted by Crippen LogP contribution is 2.27. The molecule has 2 atom stereocenters. The van der Waals surface area contributed by atoms with Gasteiger partial charge in [-0.15, -0.1) is 0 Å². The molecule has 1 saturated heterocycles. The lowest BCUT2D eigenvalue weighted by molar-refractivity contribution is 0.0942. The first kappa shape index (κ1) is 18.1. The second-order valence-corrected chi connectivity index (χ2v) is 6.96. The summed E-state index contributed by atoms with van der Waals surface area (Å²) in [5, 5.41) is 15.1. The Hall–Kier alpha value is -3.24. The normalized spacial score (nSPS) is 18.9. The van der Waals surface area contributed by atoms with E-state index in [1.165, 1.54) is 12.1 Å². The molecule has 7 heteroatoms. The van der Waals surface area contributed by atoms with Crippen molar-refractivity contribution < 1.29 is 13.6 Å². The monoisotopic (exact) mass is 380 g/mol. The number of halogens is 2. The van der Waals surface area contributed by atoms with Gasteiger partial charge in [0.2, 0.25) is 0 Å². The summed E-state index contributed by atoms with van der Waals surface area (Å²) in [7, 11) is 0. The Labute approximate surface area is 160 Å². The van der Waals surface area contributed by atoms with E-state index in [1.807, 2.05) is 0 Å². The number of rotatable bonds is 4. The largest absolute Gasteiger partial charge is 0.349 e. The lowest BCUT2D eigenvalue weighted by Crippen LogP contribution is -2.37. The third kappa shape index (κ3) is 3.47. The predicted molar refractivity (Wildman–Crippen MR) is 101 cm³/mol. The lowest BCUT2D eigenvalue weighted by atomic mass is 10.0. The minimum absolute atomic E-state index is 0.00567. The first-order valence-corrected chi connectivity index (χ1v) is 9.03. The van der Waals surface area contributed by atoms with Crippen LogP contribution in [0.5, 0.6) is 0 Å². The minimum atomic E-state index is -0.604. The van der Waals surface area contributed by atoms with Gasteiger partial charge in [-0.05, 0) is 41.8 Å². The number of carbonyl (C=O) groups excluding carboxylic acids is 1. The number of nitrogens with zero attached hydrogens (tertiary/aromatic N) is 1. The van der Waals surface area contributed by atoms with Gasteiger partial charge in [-0.25, -0.2) is 8.78 Å². The van der Waals surface area contributed by atoms with Crippen molar-refractivity contribution in [2.75, 3.05) is 13.1 Å². The molecular weight excluding hydrogens is 362 g/mol. The van der Waals surface area contributed by atoms with Crippen molar-refractivity contribution in [1.82, 2.24) is 15.6 Å². The number of carbonyl (C=O) groups is 1. The van der Waals surface area contributed by atoms with Crippen LogP contribution in [0, 0.1) is 28.9 Å². The first-order valence-electron chi connectivity index (χ1n) is 9.03. The molecule has 1 fully saturated rings. The topological polar surface area (TPSA) is 80.7 Å². The molecule has 1 aromatic heterocycles. The summed E-state index contributed by atoms with van der Waals surface area (Å²) >= 11 is 0. The van der Waals surface area contributed by atoms with Crippen molar-refractivity contribution in [3.8, 4) is 17.2 Å².